The summed E-state index contributed by atoms with van der Waals surface area (Å²) >= 11 is 0. The molecule has 1 N–H and O–H groups in total. The van der Waals surface area contributed by atoms with Crippen molar-refractivity contribution in [2.75, 3.05) is 31.1 Å². The number of rotatable bonds is 1. The molecule has 1 saturated heterocycles. The van der Waals surface area contributed by atoms with E-state index in [0.29, 0.717) is 0 Å². The van der Waals surface area contributed by atoms with E-state index in [9.17, 15) is 0 Å². The summed E-state index contributed by atoms with van der Waals surface area (Å²) in [6.07, 6.45) is 5.24. The largest absolute Gasteiger partial charge is 0.353 e. The van der Waals surface area contributed by atoms with Crippen LogP contribution in [0.4, 0.5) is 5.82 Å². The van der Waals surface area contributed by atoms with Crippen LogP contribution in [0.1, 0.15) is 13.8 Å². The molecule has 0 radical (unpaired) electrons. The highest BCUT2D eigenvalue weighted by atomic mass is 15.2. The van der Waals surface area contributed by atoms with Crippen LogP contribution in [0.15, 0.2) is 18.6 Å². The van der Waals surface area contributed by atoms with E-state index >= 15 is 0 Å². The molecular weight excluding hydrogens is 176 g/mol. The molecule has 1 fully saturated rings. The van der Waals surface area contributed by atoms with Crippen molar-refractivity contribution < 1.29 is 0 Å². The summed E-state index contributed by atoms with van der Waals surface area (Å²) in [6, 6.07) is 0. The third-order valence-corrected chi connectivity index (χ3v) is 1.99. The normalized spacial score (nSPS) is 15.7. The number of nitrogens with one attached hydrogen (secondary N) is 1. The van der Waals surface area contributed by atoms with E-state index in [4.69, 9.17) is 0 Å². The van der Waals surface area contributed by atoms with Gasteiger partial charge in [0.25, 0.3) is 0 Å². The van der Waals surface area contributed by atoms with Gasteiger partial charge in [-0.25, -0.2) is 4.98 Å². The van der Waals surface area contributed by atoms with E-state index in [2.05, 4.69) is 20.2 Å². The van der Waals surface area contributed by atoms with Crippen LogP contribution >= 0.6 is 0 Å². The standard InChI is InChI=1S/C8H12N4.C2H6/c1-2-11-8(7-10-1)12-5-3-9-4-6-12;1-2/h1-2,7,9H,3-6H2;1-2H3. The van der Waals surface area contributed by atoms with Crippen molar-refractivity contribution in [3.05, 3.63) is 18.6 Å². The zero-order valence-corrected chi connectivity index (χ0v) is 8.90. The molecule has 1 aliphatic heterocycles. The number of hydrogen-bond donors (Lipinski definition) is 1. The molecule has 0 saturated carbocycles. The van der Waals surface area contributed by atoms with Gasteiger partial charge in [-0.1, -0.05) is 13.8 Å². The molecule has 4 nitrogen and oxygen atoms in total. The summed E-state index contributed by atoms with van der Waals surface area (Å²) in [5.41, 5.74) is 0. The number of piperazine rings is 1. The quantitative estimate of drug-likeness (QED) is 0.721. The van der Waals surface area contributed by atoms with Gasteiger partial charge in [-0.05, 0) is 0 Å². The molecule has 4 heteroatoms. The maximum Gasteiger partial charge on any atom is 0.147 e. The minimum atomic E-state index is 0.985. The first kappa shape index (κ1) is 10.9. The second kappa shape index (κ2) is 6.32. The molecule has 0 aromatic carbocycles. The first-order valence-electron chi connectivity index (χ1n) is 5.18. The van der Waals surface area contributed by atoms with E-state index in [-0.39, 0.29) is 0 Å². The molecule has 0 aliphatic carbocycles. The Morgan fingerprint density at radius 2 is 1.93 bits per heavy atom. The van der Waals surface area contributed by atoms with Crippen molar-refractivity contribution in [1.29, 1.82) is 0 Å². The predicted molar refractivity (Wildman–Crippen MR) is 58.5 cm³/mol. The summed E-state index contributed by atoms with van der Waals surface area (Å²) in [5, 5.41) is 3.29. The van der Waals surface area contributed by atoms with E-state index < -0.39 is 0 Å². The molecule has 1 aromatic rings. The van der Waals surface area contributed by atoms with Crippen molar-refractivity contribution >= 4 is 5.82 Å². The van der Waals surface area contributed by atoms with E-state index in [0.717, 1.165) is 32.0 Å². The monoisotopic (exact) mass is 194 g/mol. The van der Waals surface area contributed by atoms with Crippen molar-refractivity contribution in [2.45, 2.75) is 13.8 Å². The molecular formula is C10H18N4. The van der Waals surface area contributed by atoms with Crippen LogP contribution in [0.2, 0.25) is 0 Å². The molecule has 0 unspecified atom stereocenters. The van der Waals surface area contributed by atoms with E-state index in [1.165, 1.54) is 0 Å². The number of anilines is 1. The number of aromatic nitrogens is 2. The zero-order chi connectivity index (χ0) is 10.2. The molecule has 0 spiro atoms. The molecule has 2 heterocycles. The summed E-state index contributed by atoms with van der Waals surface area (Å²) < 4.78 is 0. The van der Waals surface area contributed by atoms with Crippen LogP contribution in [0.3, 0.4) is 0 Å². The Hall–Kier alpha value is -1.16. The average Bonchev–Trinajstić information content (AvgIpc) is 2.34. The fourth-order valence-electron chi connectivity index (χ4n) is 1.35. The Labute approximate surface area is 85.4 Å². The van der Waals surface area contributed by atoms with Crippen LogP contribution in [0.5, 0.6) is 0 Å². The lowest BCUT2D eigenvalue weighted by Crippen LogP contribution is -2.43. The van der Waals surface area contributed by atoms with Gasteiger partial charge in [0.05, 0.1) is 6.20 Å². The van der Waals surface area contributed by atoms with Crippen LogP contribution in [0.25, 0.3) is 0 Å². The Morgan fingerprint density at radius 1 is 1.21 bits per heavy atom. The van der Waals surface area contributed by atoms with Crippen molar-refractivity contribution in [3.63, 3.8) is 0 Å². The third-order valence-electron chi connectivity index (χ3n) is 1.99. The average molecular weight is 194 g/mol. The molecule has 1 aromatic heterocycles. The minimum absolute atomic E-state index is 0.985. The van der Waals surface area contributed by atoms with Gasteiger partial charge in [-0.2, -0.15) is 0 Å². The van der Waals surface area contributed by atoms with Gasteiger partial charge in [-0.3, -0.25) is 4.98 Å². The molecule has 0 bridgehead atoms. The van der Waals surface area contributed by atoms with Crippen molar-refractivity contribution in [3.8, 4) is 0 Å². The fourth-order valence-corrected chi connectivity index (χ4v) is 1.35. The smallest absolute Gasteiger partial charge is 0.147 e. The summed E-state index contributed by atoms with van der Waals surface area (Å²) in [6.45, 7) is 8.13. The molecule has 78 valence electrons. The van der Waals surface area contributed by atoms with Gasteiger partial charge in [0, 0.05) is 38.6 Å². The Bertz CT molecular complexity index is 231. The topological polar surface area (TPSA) is 41.1 Å². The predicted octanol–water partition coefficient (Wildman–Crippen LogP) is 0.912. The lowest BCUT2D eigenvalue weighted by atomic mass is 10.4. The lowest BCUT2D eigenvalue weighted by Gasteiger charge is -2.27. The van der Waals surface area contributed by atoms with E-state index in [1.54, 1.807) is 12.4 Å². The zero-order valence-electron chi connectivity index (χ0n) is 8.90. The lowest BCUT2D eigenvalue weighted by molar-refractivity contribution is 0.584. The van der Waals surface area contributed by atoms with Gasteiger partial charge in [0.1, 0.15) is 5.82 Å². The number of nitrogens with zero attached hydrogens (tertiary/aromatic N) is 3. The van der Waals surface area contributed by atoms with Crippen LogP contribution < -0.4 is 10.2 Å². The van der Waals surface area contributed by atoms with Crippen LogP contribution in [-0.2, 0) is 0 Å². The van der Waals surface area contributed by atoms with Gasteiger partial charge < -0.3 is 10.2 Å². The first-order chi connectivity index (χ1) is 6.97. The second-order valence-corrected chi connectivity index (χ2v) is 2.80. The van der Waals surface area contributed by atoms with Gasteiger partial charge in [0.2, 0.25) is 0 Å². The Balaban J connectivity index is 0.000000461. The van der Waals surface area contributed by atoms with Crippen LogP contribution in [0, 0.1) is 0 Å². The molecule has 1 aliphatic rings. The fraction of sp³-hybridized carbons (Fsp3) is 0.600. The van der Waals surface area contributed by atoms with Crippen LogP contribution in [-0.4, -0.2) is 36.1 Å². The molecule has 14 heavy (non-hydrogen) atoms. The third kappa shape index (κ3) is 2.96. The summed E-state index contributed by atoms with van der Waals surface area (Å²) in [4.78, 5) is 10.5. The van der Waals surface area contributed by atoms with Gasteiger partial charge >= 0.3 is 0 Å². The Kier molecular flexibility index (Phi) is 4.93. The van der Waals surface area contributed by atoms with Gasteiger partial charge in [0.15, 0.2) is 0 Å². The summed E-state index contributed by atoms with van der Waals surface area (Å²) in [5.74, 6) is 0.985. The maximum atomic E-state index is 4.24. The second-order valence-electron chi connectivity index (χ2n) is 2.80. The van der Waals surface area contributed by atoms with Crippen molar-refractivity contribution in [1.82, 2.24) is 15.3 Å². The van der Waals surface area contributed by atoms with Crippen molar-refractivity contribution in [2.24, 2.45) is 0 Å². The Morgan fingerprint density at radius 3 is 2.50 bits per heavy atom. The summed E-state index contributed by atoms with van der Waals surface area (Å²) in [7, 11) is 0. The maximum absolute atomic E-state index is 4.24. The van der Waals surface area contributed by atoms with E-state index in [1.807, 2.05) is 20.0 Å². The first-order valence-corrected chi connectivity index (χ1v) is 5.18. The molecule has 2 rings (SSSR count). The molecule has 0 atom stereocenters. The highest BCUT2D eigenvalue weighted by molar-refractivity contribution is 5.35. The van der Waals surface area contributed by atoms with Gasteiger partial charge in [-0.15, -0.1) is 0 Å². The molecule has 0 amide bonds. The number of hydrogen-bond acceptors (Lipinski definition) is 4. The highest BCUT2D eigenvalue weighted by Gasteiger charge is 2.10. The highest BCUT2D eigenvalue weighted by Crippen LogP contribution is 2.07. The SMILES string of the molecule is CC.c1cnc(N2CCNCC2)cn1. The minimum Gasteiger partial charge on any atom is -0.353 e.